The van der Waals surface area contributed by atoms with E-state index in [0.717, 1.165) is 26.9 Å². The quantitative estimate of drug-likeness (QED) is 0.392. The molecule has 0 spiro atoms. The van der Waals surface area contributed by atoms with E-state index < -0.39 is 23.7 Å². The first kappa shape index (κ1) is 21.8. The minimum Gasteiger partial charge on any atom is -0.495 e. The van der Waals surface area contributed by atoms with Crippen LogP contribution in [0.4, 0.5) is 11.4 Å². The molecule has 1 aliphatic rings. The van der Waals surface area contributed by atoms with E-state index in [4.69, 9.17) is 13.9 Å². The number of hydrogen-bond donors (Lipinski definition) is 2. The van der Waals surface area contributed by atoms with E-state index in [1.807, 2.05) is 42.5 Å². The molecule has 0 saturated carbocycles. The van der Waals surface area contributed by atoms with Gasteiger partial charge in [-0.2, -0.15) is 0 Å². The molecule has 2 amide bonds. The normalized spacial score (nSPS) is 15.0. The summed E-state index contributed by atoms with van der Waals surface area (Å²) in [5.74, 6) is -0.989. The van der Waals surface area contributed by atoms with Crippen LogP contribution in [0, 0.1) is 0 Å². The van der Waals surface area contributed by atoms with Crippen molar-refractivity contribution < 1.29 is 28.3 Å². The number of carbonyl (C=O) groups is 3. The highest BCUT2D eigenvalue weighted by atomic mass is 32.2. The zero-order valence-electron chi connectivity index (χ0n) is 18.1. The predicted molar refractivity (Wildman–Crippen MR) is 129 cm³/mol. The van der Waals surface area contributed by atoms with Crippen molar-refractivity contribution in [2.24, 2.45) is 0 Å². The lowest BCUT2D eigenvalue weighted by molar-refractivity contribution is -0.147. The molecule has 4 aromatic rings. The molecule has 0 fully saturated rings. The average Bonchev–Trinajstić information content (AvgIpc) is 3.20. The number of nitrogens with one attached hydrogen (secondary N) is 2. The van der Waals surface area contributed by atoms with Gasteiger partial charge >= 0.3 is 5.97 Å². The molecule has 5 rings (SSSR count). The summed E-state index contributed by atoms with van der Waals surface area (Å²) in [5, 5.41) is 6.65. The van der Waals surface area contributed by atoms with E-state index >= 15 is 0 Å². The molecule has 0 radical (unpaired) electrons. The number of amides is 2. The fourth-order valence-corrected chi connectivity index (χ4v) is 4.88. The van der Waals surface area contributed by atoms with Crippen LogP contribution < -0.4 is 15.4 Å². The number of methoxy groups -OCH3 is 1. The first-order chi connectivity index (χ1) is 16.5. The largest absolute Gasteiger partial charge is 0.495 e. The van der Waals surface area contributed by atoms with Crippen molar-refractivity contribution in [3.63, 3.8) is 0 Å². The summed E-state index contributed by atoms with van der Waals surface area (Å²) >= 11 is 1.30. The van der Waals surface area contributed by atoms with Crippen LogP contribution in [0.15, 0.2) is 70.0 Å². The molecule has 172 valence electrons. The molecule has 9 heteroatoms. The van der Waals surface area contributed by atoms with E-state index in [2.05, 4.69) is 10.6 Å². The van der Waals surface area contributed by atoms with Gasteiger partial charge in [0.05, 0.1) is 30.2 Å². The molecule has 3 aromatic carbocycles. The smallest absolute Gasteiger partial charge is 0.307 e. The Bertz CT molecular complexity index is 1430. The van der Waals surface area contributed by atoms with Gasteiger partial charge < -0.3 is 24.5 Å². The molecule has 0 aliphatic carbocycles. The van der Waals surface area contributed by atoms with E-state index in [9.17, 15) is 14.4 Å². The number of benzene rings is 3. The minimum absolute atomic E-state index is 0.146. The van der Waals surface area contributed by atoms with Crippen LogP contribution in [0.3, 0.4) is 0 Å². The van der Waals surface area contributed by atoms with Gasteiger partial charge in [0, 0.05) is 21.7 Å². The standard InChI is InChI=1S/C25H20N2O6S/c1-31-20-10-15-14-6-2-4-8-18(14)33-19(15)11-17(20)26-23(28)13-32-24(29)12-22-25(30)27-16-7-3-5-9-21(16)34-22/h2-11,22H,12-13H2,1H3,(H,26,28)(H,27,30). The number of furan rings is 1. The third-order valence-corrected chi connectivity index (χ3v) is 6.67. The van der Waals surface area contributed by atoms with Crippen LogP contribution in [0.5, 0.6) is 5.75 Å². The van der Waals surface area contributed by atoms with Gasteiger partial charge in [0.1, 0.15) is 16.9 Å². The van der Waals surface area contributed by atoms with Crippen LogP contribution in [-0.4, -0.2) is 36.8 Å². The maximum absolute atomic E-state index is 12.5. The summed E-state index contributed by atoms with van der Waals surface area (Å²) < 4.78 is 16.4. The summed E-state index contributed by atoms with van der Waals surface area (Å²) in [5.41, 5.74) is 2.44. The first-order valence-electron chi connectivity index (χ1n) is 10.5. The summed E-state index contributed by atoms with van der Waals surface area (Å²) in [6.45, 7) is -0.490. The molecular weight excluding hydrogens is 456 g/mol. The van der Waals surface area contributed by atoms with Crippen LogP contribution in [0.2, 0.25) is 0 Å². The molecule has 1 aliphatic heterocycles. The monoisotopic (exact) mass is 476 g/mol. The Hall–Kier alpha value is -3.98. The number of thioether (sulfide) groups is 1. The van der Waals surface area contributed by atoms with E-state index in [0.29, 0.717) is 17.0 Å². The highest BCUT2D eigenvalue weighted by Crippen LogP contribution is 2.37. The third kappa shape index (κ3) is 4.29. The SMILES string of the molecule is COc1cc2c(cc1NC(=O)COC(=O)CC1Sc3ccccc3NC1=O)oc1ccccc12. The highest BCUT2D eigenvalue weighted by molar-refractivity contribution is 8.01. The summed E-state index contributed by atoms with van der Waals surface area (Å²) in [4.78, 5) is 37.9. The Morgan fingerprint density at radius 2 is 1.85 bits per heavy atom. The Morgan fingerprint density at radius 3 is 2.71 bits per heavy atom. The van der Waals surface area contributed by atoms with E-state index in [1.165, 1.54) is 18.9 Å². The predicted octanol–water partition coefficient (Wildman–Crippen LogP) is 4.58. The molecule has 0 saturated heterocycles. The van der Waals surface area contributed by atoms with Gasteiger partial charge in [0.25, 0.3) is 5.91 Å². The molecule has 8 nitrogen and oxygen atoms in total. The van der Waals surface area contributed by atoms with Gasteiger partial charge in [-0.3, -0.25) is 14.4 Å². The summed E-state index contributed by atoms with van der Waals surface area (Å²) in [6, 6.07) is 18.4. The lowest BCUT2D eigenvalue weighted by Crippen LogP contribution is -2.32. The van der Waals surface area contributed by atoms with Gasteiger partial charge in [-0.15, -0.1) is 11.8 Å². The van der Waals surface area contributed by atoms with Gasteiger partial charge in [-0.1, -0.05) is 30.3 Å². The van der Waals surface area contributed by atoms with Crippen molar-refractivity contribution in [1.29, 1.82) is 0 Å². The minimum atomic E-state index is -0.637. The van der Waals surface area contributed by atoms with Crippen molar-refractivity contribution in [3.05, 3.63) is 60.7 Å². The van der Waals surface area contributed by atoms with Gasteiger partial charge in [-0.25, -0.2) is 0 Å². The summed E-state index contributed by atoms with van der Waals surface area (Å²) in [7, 11) is 1.50. The molecular formula is C25H20N2O6S. The zero-order chi connectivity index (χ0) is 23.7. The first-order valence-corrected chi connectivity index (χ1v) is 11.4. The van der Waals surface area contributed by atoms with E-state index in [-0.39, 0.29) is 12.3 Å². The Labute approximate surface area is 198 Å². The number of esters is 1. The second-order valence-corrected chi connectivity index (χ2v) is 8.90. The second-order valence-electron chi connectivity index (χ2n) is 7.65. The molecule has 1 atom stereocenters. The molecule has 1 aromatic heterocycles. The second kappa shape index (κ2) is 9.11. The fraction of sp³-hybridized carbons (Fsp3) is 0.160. The van der Waals surface area contributed by atoms with Crippen LogP contribution in [-0.2, 0) is 19.1 Å². The zero-order valence-corrected chi connectivity index (χ0v) is 18.9. The van der Waals surface area contributed by atoms with Gasteiger partial charge in [0.2, 0.25) is 5.91 Å². The maximum Gasteiger partial charge on any atom is 0.307 e. The number of hydrogen-bond acceptors (Lipinski definition) is 7. The molecule has 2 N–H and O–H groups in total. The van der Waals surface area contributed by atoms with Crippen molar-refractivity contribution in [1.82, 2.24) is 0 Å². The van der Waals surface area contributed by atoms with Crippen molar-refractivity contribution in [3.8, 4) is 5.75 Å². The highest BCUT2D eigenvalue weighted by Gasteiger charge is 2.29. The van der Waals surface area contributed by atoms with Crippen LogP contribution in [0.1, 0.15) is 6.42 Å². The van der Waals surface area contributed by atoms with Gasteiger partial charge in [0.15, 0.2) is 6.61 Å². The van der Waals surface area contributed by atoms with Gasteiger partial charge in [-0.05, 0) is 24.3 Å². The van der Waals surface area contributed by atoms with Crippen molar-refractivity contribution in [2.75, 3.05) is 24.4 Å². The summed E-state index contributed by atoms with van der Waals surface area (Å²) in [6.07, 6.45) is -0.146. The van der Waals surface area contributed by atoms with Crippen molar-refractivity contribution in [2.45, 2.75) is 16.6 Å². The Balaban J connectivity index is 1.22. The van der Waals surface area contributed by atoms with E-state index in [1.54, 1.807) is 18.2 Å². The maximum atomic E-state index is 12.5. The Kier molecular flexibility index (Phi) is 5.85. The van der Waals surface area contributed by atoms with Crippen molar-refractivity contribution >= 4 is 62.9 Å². The molecule has 2 heterocycles. The topological polar surface area (TPSA) is 107 Å². The molecule has 0 bridgehead atoms. The lowest BCUT2D eigenvalue weighted by Gasteiger charge is -2.23. The van der Waals surface area contributed by atoms with Crippen LogP contribution >= 0.6 is 11.8 Å². The average molecular weight is 477 g/mol. The lowest BCUT2D eigenvalue weighted by atomic mass is 10.1. The number of para-hydroxylation sites is 2. The number of carbonyl (C=O) groups excluding carboxylic acids is 3. The number of anilines is 2. The Morgan fingerprint density at radius 1 is 1.06 bits per heavy atom. The molecule has 34 heavy (non-hydrogen) atoms. The number of fused-ring (bicyclic) bond motifs is 4. The van der Waals surface area contributed by atoms with Crippen LogP contribution in [0.25, 0.3) is 21.9 Å². The molecule has 1 unspecified atom stereocenters. The third-order valence-electron chi connectivity index (χ3n) is 5.40. The fourth-order valence-electron chi connectivity index (χ4n) is 3.79. The number of ether oxygens (including phenoxy) is 2. The number of rotatable bonds is 6.